The van der Waals surface area contributed by atoms with Gasteiger partial charge >= 0.3 is 0 Å². The first-order chi connectivity index (χ1) is 15.3. The molecule has 4 heterocycles. The Balaban J connectivity index is 0.00000259. The van der Waals surface area contributed by atoms with E-state index in [1.165, 1.54) is 28.2 Å². The van der Waals surface area contributed by atoms with Gasteiger partial charge in [0.25, 0.3) is 5.91 Å². The minimum atomic E-state index is -3.68. The molecule has 7 nitrogen and oxygen atoms in total. The number of hydrogen-bond acceptors (Lipinski definition) is 5. The summed E-state index contributed by atoms with van der Waals surface area (Å²) in [5, 5.41) is 3.99. The first-order valence-electron chi connectivity index (χ1n) is 10.3. The molecule has 2 aliphatic heterocycles. The molecule has 1 amide bonds. The number of halogens is 2. The molecule has 0 unspecified atom stereocenters. The summed E-state index contributed by atoms with van der Waals surface area (Å²) in [6, 6.07) is 10.5. The fraction of sp³-hybridized carbons (Fsp3) is 0.273. The third-order valence-corrected chi connectivity index (χ3v) is 8.74. The van der Waals surface area contributed by atoms with E-state index in [0.29, 0.717) is 30.8 Å². The highest BCUT2D eigenvalue weighted by Gasteiger charge is 2.31. The van der Waals surface area contributed by atoms with Gasteiger partial charge in [0.1, 0.15) is 11.5 Å². The van der Waals surface area contributed by atoms with Gasteiger partial charge in [-0.15, -0.1) is 12.4 Å². The Morgan fingerprint density at radius 2 is 1.85 bits per heavy atom. The molecule has 0 radical (unpaired) electrons. The van der Waals surface area contributed by atoms with E-state index < -0.39 is 15.8 Å². The summed E-state index contributed by atoms with van der Waals surface area (Å²) in [7, 11) is -3.68. The minimum Gasteiger partial charge on any atom is -0.349 e. The third-order valence-electron chi connectivity index (χ3n) is 5.77. The highest BCUT2D eigenvalue weighted by Crippen LogP contribution is 2.35. The molecule has 0 saturated carbocycles. The molecule has 174 valence electrons. The number of sulfonamides is 1. The lowest BCUT2D eigenvalue weighted by atomic mass is 10.1. The van der Waals surface area contributed by atoms with Crippen LogP contribution in [0.5, 0.6) is 0 Å². The van der Waals surface area contributed by atoms with Crippen LogP contribution in [0.3, 0.4) is 0 Å². The van der Waals surface area contributed by atoms with Gasteiger partial charge < -0.3 is 5.32 Å². The van der Waals surface area contributed by atoms with Crippen LogP contribution in [0.15, 0.2) is 57.3 Å². The number of aromatic nitrogens is 2. The van der Waals surface area contributed by atoms with E-state index in [1.54, 1.807) is 0 Å². The van der Waals surface area contributed by atoms with Crippen molar-refractivity contribution in [1.29, 1.82) is 0 Å². The van der Waals surface area contributed by atoms with Crippen molar-refractivity contribution in [2.45, 2.75) is 35.7 Å². The summed E-state index contributed by atoms with van der Waals surface area (Å²) < 4.78 is 42.1. The number of rotatable bonds is 4. The van der Waals surface area contributed by atoms with Crippen molar-refractivity contribution in [3.63, 3.8) is 0 Å². The first-order valence-corrected chi connectivity index (χ1v) is 12.5. The number of pyridine rings is 1. The quantitative estimate of drug-likeness (QED) is 0.582. The molecule has 1 N–H and O–H groups in total. The predicted molar refractivity (Wildman–Crippen MR) is 127 cm³/mol. The maximum atomic E-state index is 13.1. The number of piperidine rings is 1. The first kappa shape index (κ1) is 23.7. The molecular formula is C22H22ClFN4O3S2. The van der Waals surface area contributed by atoms with Crippen LogP contribution >= 0.6 is 24.2 Å². The van der Waals surface area contributed by atoms with Crippen LogP contribution in [-0.4, -0.2) is 47.1 Å². The number of imidazole rings is 1. The summed E-state index contributed by atoms with van der Waals surface area (Å²) in [4.78, 5) is 18.2. The zero-order valence-electron chi connectivity index (χ0n) is 17.7. The largest absolute Gasteiger partial charge is 0.349 e. The number of benzene rings is 1. The molecule has 5 rings (SSSR count). The normalized spacial score (nSPS) is 16.8. The van der Waals surface area contributed by atoms with Crippen LogP contribution in [-0.2, 0) is 14.8 Å². The van der Waals surface area contributed by atoms with Gasteiger partial charge in [-0.3, -0.25) is 9.20 Å². The number of hydrogen-bond donors (Lipinski definition) is 1. The van der Waals surface area contributed by atoms with Gasteiger partial charge in [0, 0.05) is 19.1 Å². The van der Waals surface area contributed by atoms with Crippen molar-refractivity contribution in [2.75, 3.05) is 13.1 Å². The number of nitrogens with one attached hydrogen (secondary N) is 1. The molecule has 2 aliphatic rings. The second-order valence-corrected chi connectivity index (χ2v) is 10.9. The van der Waals surface area contributed by atoms with E-state index in [-0.39, 0.29) is 29.3 Å². The molecule has 2 aromatic heterocycles. The van der Waals surface area contributed by atoms with Crippen molar-refractivity contribution in [3.05, 3.63) is 64.6 Å². The van der Waals surface area contributed by atoms with E-state index >= 15 is 0 Å². The molecule has 1 fully saturated rings. The number of thioether (sulfide) groups is 1. The van der Waals surface area contributed by atoms with Crippen LogP contribution in [0.2, 0.25) is 0 Å². The van der Waals surface area contributed by atoms with Gasteiger partial charge in [-0.05, 0) is 62.2 Å². The standard InChI is InChI=1S/C22H21FN4O3S2.ClH/c1-14-18-13-19(31-21-4-2-3-20(24-14)27(18)21)22(28)25-16-9-11-26(12-10-16)32(29,30)17-7-5-15(23)6-8-17;/h2-8,13,16H,9-12H2,1H3,(H,25,28);1H. The van der Waals surface area contributed by atoms with Crippen LogP contribution in [0.4, 0.5) is 4.39 Å². The molecule has 0 aliphatic carbocycles. The molecule has 0 bridgehead atoms. The van der Waals surface area contributed by atoms with Crippen molar-refractivity contribution < 1.29 is 17.6 Å². The molecule has 1 saturated heterocycles. The van der Waals surface area contributed by atoms with Gasteiger partial charge in [0.15, 0.2) is 0 Å². The van der Waals surface area contributed by atoms with E-state index in [9.17, 15) is 17.6 Å². The third kappa shape index (κ3) is 4.40. The van der Waals surface area contributed by atoms with Crippen molar-refractivity contribution in [3.8, 4) is 0 Å². The molecule has 0 spiro atoms. The maximum Gasteiger partial charge on any atom is 0.258 e. The van der Waals surface area contributed by atoms with Crippen molar-refractivity contribution >= 4 is 51.8 Å². The van der Waals surface area contributed by atoms with Gasteiger partial charge in [-0.1, -0.05) is 17.8 Å². The van der Waals surface area contributed by atoms with Crippen LogP contribution in [0.1, 0.15) is 24.2 Å². The maximum absolute atomic E-state index is 13.1. The monoisotopic (exact) mass is 508 g/mol. The summed E-state index contributed by atoms with van der Waals surface area (Å²) in [5.41, 5.74) is 2.62. The smallest absolute Gasteiger partial charge is 0.258 e. The highest BCUT2D eigenvalue weighted by molar-refractivity contribution is 8.04. The van der Waals surface area contributed by atoms with E-state index in [1.807, 2.05) is 35.6 Å². The Kier molecular flexibility index (Phi) is 6.54. The lowest BCUT2D eigenvalue weighted by Gasteiger charge is -2.32. The molecular weight excluding hydrogens is 487 g/mol. The van der Waals surface area contributed by atoms with E-state index in [4.69, 9.17) is 0 Å². The van der Waals surface area contributed by atoms with Gasteiger partial charge in [0.2, 0.25) is 10.0 Å². The number of aryl methyl sites for hydroxylation is 1. The number of amides is 1. The molecule has 0 atom stereocenters. The summed E-state index contributed by atoms with van der Waals surface area (Å²) in [6.45, 7) is 2.51. The van der Waals surface area contributed by atoms with Gasteiger partial charge in [-0.25, -0.2) is 17.8 Å². The van der Waals surface area contributed by atoms with Crippen LogP contribution < -0.4 is 5.32 Å². The fourth-order valence-electron chi connectivity index (χ4n) is 4.08. The van der Waals surface area contributed by atoms with E-state index in [0.717, 1.165) is 34.2 Å². The Labute approximate surface area is 201 Å². The summed E-state index contributed by atoms with van der Waals surface area (Å²) in [6.07, 6.45) is 2.88. The average molecular weight is 509 g/mol. The molecule has 1 aromatic carbocycles. The summed E-state index contributed by atoms with van der Waals surface area (Å²) >= 11 is 1.40. The van der Waals surface area contributed by atoms with Crippen LogP contribution in [0.25, 0.3) is 11.7 Å². The SMILES string of the molecule is Cc1nc2cccc3n2c1C=C(C(=O)NC1CCN(S(=O)(=O)c2ccc(F)cc2)CC1)S3.Cl. The van der Waals surface area contributed by atoms with E-state index in [2.05, 4.69) is 10.3 Å². The van der Waals surface area contributed by atoms with Gasteiger partial charge in [-0.2, -0.15) is 4.31 Å². The zero-order chi connectivity index (χ0) is 22.5. The lowest BCUT2D eigenvalue weighted by molar-refractivity contribution is -0.117. The molecule has 33 heavy (non-hydrogen) atoms. The predicted octanol–water partition coefficient (Wildman–Crippen LogP) is 3.62. The Morgan fingerprint density at radius 1 is 1.15 bits per heavy atom. The average Bonchev–Trinajstić information content (AvgIpc) is 3.11. The topological polar surface area (TPSA) is 83.8 Å². The van der Waals surface area contributed by atoms with Crippen LogP contribution in [0, 0.1) is 12.7 Å². The second kappa shape index (κ2) is 9.09. The number of carbonyl (C=O) groups excluding carboxylic acids is 1. The van der Waals surface area contributed by atoms with Crippen molar-refractivity contribution in [1.82, 2.24) is 19.0 Å². The Morgan fingerprint density at radius 3 is 2.55 bits per heavy atom. The zero-order valence-corrected chi connectivity index (χ0v) is 20.1. The molecule has 11 heteroatoms. The second-order valence-electron chi connectivity index (χ2n) is 7.86. The highest BCUT2D eigenvalue weighted by atomic mass is 35.5. The minimum absolute atomic E-state index is 0. The van der Waals surface area contributed by atoms with Gasteiger partial charge in [0.05, 0.1) is 26.2 Å². The summed E-state index contributed by atoms with van der Waals surface area (Å²) in [5.74, 6) is -0.645. The Bertz CT molecular complexity index is 1350. The van der Waals surface area contributed by atoms with Crippen molar-refractivity contribution in [2.24, 2.45) is 0 Å². The fourth-order valence-corrected chi connectivity index (χ4v) is 6.53. The Hall–Kier alpha value is -2.40. The molecule has 3 aromatic rings. The lowest BCUT2D eigenvalue weighted by Crippen LogP contribution is -2.46. The number of nitrogens with zero attached hydrogens (tertiary/aromatic N) is 3. The number of carbonyl (C=O) groups is 1.